The molecule has 7 heteroatoms. The molecule has 1 amide bonds. The Kier molecular flexibility index (Phi) is 6.38. The van der Waals surface area contributed by atoms with Crippen LogP contribution in [-0.2, 0) is 4.79 Å². The number of imidazole rings is 1. The number of pyridine rings is 1. The van der Waals surface area contributed by atoms with Gasteiger partial charge in [-0.3, -0.25) is 9.79 Å². The molecule has 1 fully saturated rings. The average Bonchev–Trinajstić information content (AvgIpc) is 3.32. The maximum atomic E-state index is 11.7. The summed E-state index contributed by atoms with van der Waals surface area (Å²) in [5.41, 5.74) is 17.2. The summed E-state index contributed by atoms with van der Waals surface area (Å²) >= 11 is 0. The third-order valence-corrected chi connectivity index (χ3v) is 7.13. The second-order valence-corrected chi connectivity index (χ2v) is 9.25. The third-order valence-electron chi connectivity index (χ3n) is 7.13. The zero-order chi connectivity index (χ0) is 25.2. The Morgan fingerprint density at radius 3 is 2.39 bits per heavy atom. The summed E-state index contributed by atoms with van der Waals surface area (Å²) in [4.78, 5) is 26.0. The molecule has 0 spiro atoms. The first-order valence-electron chi connectivity index (χ1n) is 12.2. The highest BCUT2D eigenvalue weighted by atomic mass is 16.1. The van der Waals surface area contributed by atoms with Gasteiger partial charge in [0.25, 0.3) is 0 Å². The summed E-state index contributed by atoms with van der Waals surface area (Å²) in [5, 5.41) is 1.05. The molecule has 4 aromatic rings. The van der Waals surface area contributed by atoms with E-state index in [9.17, 15) is 4.79 Å². The first-order valence-corrected chi connectivity index (χ1v) is 12.2. The molecule has 1 aliphatic carbocycles. The topological polar surface area (TPSA) is 112 Å². The highest BCUT2D eigenvalue weighted by molar-refractivity contribution is 6.02. The van der Waals surface area contributed by atoms with Crippen LogP contribution in [0.3, 0.4) is 0 Å². The van der Waals surface area contributed by atoms with Gasteiger partial charge in [-0.25, -0.2) is 9.97 Å². The van der Waals surface area contributed by atoms with Crippen molar-refractivity contribution in [1.29, 1.82) is 0 Å². The summed E-state index contributed by atoms with van der Waals surface area (Å²) in [5.74, 6) is 1.16. The van der Waals surface area contributed by atoms with Gasteiger partial charge in [-0.05, 0) is 37.8 Å². The van der Waals surface area contributed by atoms with Crippen molar-refractivity contribution in [2.75, 3.05) is 7.05 Å². The van der Waals surface area contributed by atoms with Gasteiger partial charge in [0.05, 0.1) is 11.2 Å². The molecule has 182 valence electrons. The van der Waals surface area contributed by atoms with Crippen LogP contribution in [0.1, 0.15) is 43.1 Å². The molecule has 0 saturated heterocycles. The highest BCUT2D eigenvalue weighted by Gasteiger charge is 2.30. The molecule has 5 rings (SSSR count). The number of carbonyl (C=O) groups is 1. The molecule has 0 bridgehead atoms. The largest absolute Gasteiger partial charge is 0.382 e. The van der Waals surface area contributed by atoms with Gasteiger partial charge in [0.1, 0.15) is 23.0 Å². The molecule has 0 aliphatic heterocycles. The van der Waals surface area contributed by atoms with Crippen molar-refractivity contribution in [2.45, 2.75) is 31.6 Å². The molecule has 0 unspecified atom stereocenters. The van der Waals surface area contributed by atoms with Gasteiger partial charge in [-0.1, -0.05) is 55.1 Å². The predicted molar refractivity (Wildman–Crippen MR) is 145 cm³/mol. The summed E-state index contributed by atoms with van der Waals surface area (Å²) in [6.45, 7) is 4.04. The molecular weight excluding hydrogens is 448 g/mol. The van der Waals surface area contributed by atoms with Crippen molar-refractivity contribution in [3.05, 3.63) is 78.8 Å². The zero-order valence-corrected chi connectivity index (χ0v) is 20.4. The molecule has 1 saturated carbocycles. The summed E-state index contributed by atoms with van der Waals surface area (Å²) in [6, 6.07) is 20.4. The molecule has 1 aliphatic rings. The number of rotatable bonds is 6. The van der Waals surface area contributed by atoms with Crippen LogP contribution in [0, 0.1) is 5.92 Å². The lowest BCUT2D eigenvalue weighted by Gasteiger charge is -2.26. The minimum absolute atomic E-state index is 0.0695. The number of fused-ring (bicyclic) bond motifs is 1. The number of primary amides is 1. The van der Waals surface area contributed by atoms with Gasteiger partial charge in [0.2, 0.25) is 5.91 Å². The molecule has 2 aromatic heterocycles. The fourth-order valence-electron chi connectivity index (χ4n) is 5.15. The van der Waals surface area contributed by atoms with Crippen LogP contribution in [0.25, 0.3) is 39.6 Å². The predicted octanol–water partition coefficient (Wildman–Crippen LogP) is 4.96. The van der Waals surface area contributed by atoms with Crippen molar-refractivity contribution >= 4 is 28.8 Å². The number of nitrogens with two attached hydrogens (primary N) is 2. The van der Waals surface area contributed by atoms with Crippen molar-refractivity contribution in [2.24, 2.45) is 22.4 Å². The monoisotopic (exact) mass is 478 g/mol. The van der Waals surface area contributed by atoms with Gasteiger partial charge in [0.15, 0.2) is 0 Å². The van der Waals surface area contributed by atoms with E-state index in [1.807, 2.05) is 34.9 Å². The number of carbonyl (C=O) groups excluding carboxylic acids is 1. The maximum absolute atomic E-state index is 11.7. The van der Waals surface area contributed by atoms with E-state index in [4.69, 9.17) is 21.4 Å². The van der Waals surface area contributed by atoms with E-state index < -0.39 is 0 Å². The van der Waals surface area contributed by atoms with E-state index in [0.29, 0.717) is 5.84 Å². The molecule has 0 atom stereocenters. The van der Waals surface area contributed by atoms with Crippen LogP contribution in [0.4, 0.5) is 0 Å². The lowest BCUT2D eigenvalue weighted by Crippen LogP contribution is -2.27. The quantitative estimate of drug-likeness (QED) is 0.301. The Morgan fingerprint density at radius 1 is 1.00 bits per heavy atom. The van der Waals surface area contributed by atoms with Crippen LogP contribution >= 0.6 is 0 Å². The highest BCUT2D eigenvalue weighted by Crippen LogP contribution is 2.38. The molecule has 36 heavy (non-hydrogen) atoms. The summed E-state index contributed by atoms with van der Waals surface area (Å²) < 4.78 is 1.95. The van der Waals surface area contributed by atoms with Gasteiger partial charge >= 0.3 is 0 Å². The van der Waals surface area contributed by atoms with Crippen molar-refractivity contribution < 1.29 is 4.79 Å². The van der Waals surface area contributed by atoms with E-state index in [1.54, 1.807) is 13.2 Å². The van der Waals surface area contributed by atoms with Gasteiger partial charge < -0.3 is 16.0 Å². The maximum Gasteiger partial charge on any atom is 0.220 e. The van der Waals surface area contributed by atoms with E-state index in [-0.39, 0.29) is 17.7 Å². The van der Waals surface area contributed by atoms with Gasteiger partial charge in [0, 0.05) is 41.6 Å². The standard InChI is InChI=1S/C29H30N6O/c1-3-35-26(27(30)32-2)25(34-29(35)21-12-10-20(11-13-21)28(31)36)22-14-9-19-15-16-23(33-24(19)17-22)18-7-5-4-6-8-18/h3-9,14-17,20-21H,1,10-13H2,2H3,(H2,30,32)(H2,31,36). The Hall–Kier alpha value is -4.26. The second-order valence-electron chi connectivity index (χ2n) is 9.25. The summed E-state index contributed by atoms with van der Waals surface area (Å²) in [6.07, 6.45) is 4.93. The fourth-order valence-corrected chi connectivity index (χ4v) is 5.15. The lowest BCUT2D eigenvalue weighted by molar-refractivity contribution is -0.122. The first kappa shape index (κ1) is 23.5. The number of aromatic nitrogens is 3. The van der Waals surface area contributed by atoms with E-state index in [0.717, 1.165) is 70.6 Å². The lowest BCUT2D eigenvalue weighted by atomic mass is 9.81. The van der Waals surface area contributed by atoms with Crippen LogP contribution in [0.2, 0.25) is 0 Å². The van der Waals surface area contributed by atoms with Crippen LogP contribution < -0.4 is 11.5 Å². The first-order chi connectivity index (χ1) is 17.5. The van der Waals surface area contributed by atoms with Crippen molar-refractivity contribution in [1.82, 2.24) is 14.5 Å². The molecule has 7 nitrogen and oxygen atoms in total. The molecule has 0 radical (unpaired) electrons. The van der Waals surface area contributed by atoms with E-state index in [2.05, 4.69) is 41.9 Å². The molecule has 4 N–H and O–H groups in total. The number of benzene rings is 2. The third kappa shape index (κ3) is 4.28. The number of hydrogen-bond acceptors (Lipinski definition) is 4. The summed E-state index contributed by atoms with van der Waals surface area (Å²) in [7, 11) is 1.67. The van der Waals surface area contributed by atoms with Crippen LogP contribution in [-0.4, -0.2) is 33.3 Å². The Labute approximate surface area is 210 Å². The van der Waals surface area contributed by atoms with Crippen molar-refractivity contribution in [3.8, 4) is 22.5 Å². The molecule has 2 aromatic carbocycles. The molecular formula is C29H30N6O. The average molecular weight is 479 g/mol. The van der Waals surface area contributed by atoms with Crippen molar-refractivity contribution in [3.63, 3.8) is 0 Å². The SMILES string of the molecule is C=Cn1c(C2CCC(C(N)=O)CC2)nc(-c2ccc3ccc(-c4ccccc4)nc3c2)c1C(N)=NC. The Morgan fingerprint density at radius 2 is 1.72 bits per heavy atom. The second kappa shape index (κ2) is 9.77. The fraction of sp³-hybridized carbons (Fsp3) is 0.241. The van der Waals surface area contributed by atoms with Gasteiger partial charge in [-0.15, -0.1) is 0 Å². The number of amidine groups is 1. The number of aliphatic imine (C=N–C) groups is 1. The van der Waals surface area contributed by atoms with Crippen LogP contribution in [0.5, 0.6) is 0 Å². The smallest absolute Gasteiger partial charge is 0.220 e. The van der Waals surface area contributed by atoms with E-state index >= 15 is 0 Å². The minimum atomic E-state index is -0.220. The van der Waals surface area contributed by atoms with E-state index in [1.165, 1.54) is 0 Å². The zero-order valence-electron chi connectivity index (χ0n) is 20.4. The minimum Gasteiger partial charge on any atom is -0.382 e. The number of nitrogens with zero attached hydrogens (tertiary/aromatic N) is 4. The normalized spacial score (nSPS) is 18.3. The van der Waals surface area contributed by atoms with Crippen LogP contribution in [0.15, 0.2) is 72.2 Å². The Balaban J connectivity index is 1.60. The molecule has 2 heterocycles. The Bertz CT molecular complexity index is 1460. The van der Waals surface area contributed by atoms with Gasteiger partial charge in [-0.2, -0.15) is 0 Å². The number of hydrogen-bond donors (Lipinski definition) is 2. The number of amides is 1.